The van der Waals surface area contributed by atoms with Gasteiger partial charge in [0.1, 0.15) is 0 Å². The van der Waals surface area contributed by atoms with E-state index in [-0.39, 0.29) is 5.91 Å². The zero-order valence-electron chi connectivity index (χ0n) is 10.7. The number of rotatable bonds is 6. The third-order valence-electron chi connectivity index (χ3n) is 3.35. The number of nitrogens with zero attached hydrogens (tertiary/aromatic N) is 1. The van der Waals surface area contributed by atoms with E-state index in [0.717, 1.165) is 11.8 Å². The van der Waals surface area contributed by atoms with Gasteiger partial charge in [-0.15, -0.1) is 0 Å². The van der Waals surface area contributed by atoms with E-state index < -0.39 is 0 Å². The van der Waals surface area contributed by atoms with Crippen LogP contribution in [0.2, 0.25) is 0 Å². The second kappa shape index (κ2) is 7.17. The summed E-state index contributed by atoms with van der Waals surface area (Å²) in [6.45, 7) is 3.11. The van der Waals surface area contributed by atoms with Crippen LogP contribution >= 0.6 is 11.8 Å². The summed E-state index contributed by atoms with van der Waals surface area (Å²) in [4.78, 5) is 13.5. The Hall–Kier alpha value is -0.220. The van der Waals surface area contributed by atoms with E-state index in [1.165, 1.54) is 25.0 Å². The van der Waals surface area contributed by atoms with Crippen LogP contribution in [0, 0.1) is 0 Å². The number of nitrogens with one attached hydrogen (secondary N) is 1. The van der Waals surface area contributed by atoms with Gasteiger partial charge in [0.15, 0.2) is 0 Å². The van der Waals surface area contributed by atoms with E-state index in [1.54, 1.807) is 7.05 Å². The van der Waals surface area contributed by atoms with Crippen LogP contribution in [-0.4, -0.2) is 48.5 Å². The van der Waals surface area contributed by atoms with E-state index >= 15 is 0 Å². The molecule has 0 radical (unpaired) electrons. The van der Waals surface area contributed by atoms with Crippen LogP contribution < -0.4 is 5.32 Å². The molecule has 16 heavy (non-hydrogen) atoms. The third-order valence-corrected chi connectivity index (χ3v) is 4.59. The van der Waals surface area contributed by atoms with E-state index in [0.29, 0.717) is 12.5 Å². The van der Waals surface area contributed by atoms with Crippen molar-refractivity contribution in [2.24, 2.45) is 0 Å². The summed E-state index contributed by atoms with van der Waals surface area (Å²) in [6.07, 6.45) is 4.55. The van der Waals surface area contributed by atoms with Crippen molar-refractivity contribution in [3.05, 3.63) is 0 Å². The summed E-state index contributed by atoms with van der Waals surface area (Å²) in [5.41, 5.74) is 0. The van der Waals surface area contributed by atoms with Crippen molar-refractivity contribution in [1.82, 2.24) is 10.2 Å². The lowest BCUT2D eigenvalue weighted by Gasteiger charge is -2.23. The van der Waals surface area contributed by atoms with Gasteiger partial charge in [0.25, 0.3) is 0 Å². The van der Waals surface area contributed by atoms with Crippen molar-refractivity contribution in [3.8, 4) is 0 Å². The van der Waals surface area contributed by atoms with Crippen LogP contribution in [0.25, 0.3) is 0 Å². The summed E-state index contributed by atoms with van der Waals surface area (Å²) in [7, 11) is 3.85. The van der Waals surface area contributed by atoms with Crippen LogP contribution in [0.15, 0.2) is 0 Å². The second-order valence-corrected chi connectivity index (χ2v) is 6.03. The average molecular weight is 244 g/mol. The molecule has 0 bridgehead atoms. The van der Waals surface area contributed by atoms with Gasteiger partial charge in [-0.25, -0.2) is 0 Å². The van der Waals surface area contributed by atoms with Crippen LogP contribution in [0.3, 0.4) is 0 Å². The Morgan fingerprint density at radius 2 is 2.25 bits per heavy atom. The molecule has 3 nitrogen and oxygen atoms in total. The Morgan fingerprint density at radius 1 is 1.50 bits per heavy atom. The molecule has 2 atom stereocenters. The number of amides is 1. The van der Waals surface area contributed by atoms with Crippen LogP contribution in [0.1, 0.15) is 32.6 Å². The monoisotopic (exact) mass is 244 g/mol. The van der Waals surface area contributed by atoms with Crippen molar-refractivity contribution < 1.29 is 4.79 Å². The Balaban J connectivity index is 2.22. The molecule has 0 aromatic heterocycles. The largest absolute Gasteiger partial charge is 0.359 e. The van der Waals surface area contributed by atoms with Crippen LogP contribution in [-0.2, 0) is 4.79 Å². The number of hydrogen-bond acceptors (Lipinski definition) is 3. The van der Waals surface area contributed by atoms with Gasteiger partial charge >= 0.3 is 0 Å². The summed E-state index contributed by atoms with van der Waals surface area (Å²) in [5.74, 6) is 1.36. The van der Waals surface area contributed by atoms with Gasteiger partial charge in [0.05, 0.1) is 0 Å². The maximum absolute atomic E-state index is 11.2. The van der Waals surface area contributed by atoms with Gasteiger partial charge in [-0.1, -0.05) is 6.92 Å². The van der Waals surface area contributed by atoms with E-state index in [9.17, 15) is 4.79 Å². The fraction of sp³-hybridized carbons (Fsp3) is 0.917. The fourth-order valence-corrected chi connectivity index (χ4v) is 3.42. The minimum absolute atomic E-state index is 0.143. The molecular formula is C12H24N2OS. The SMILES string of the molecule is CCS[C@H]1CC[C@@H](N(C)CCC(=O)NC)C1. The molecule has 94 valence electrons. The molecule has 0 aromatic rings. The number of carbonyl (C=O) groups is 1. The first-order valence-corrected chi connectivity index (χ1v) is 7.24. The molecule has 1 saturated carbocycles. The van der Waals surface area contributed by atoms with Crippen molar-refractivity contribution >= 4 is 17.7 Å². The lowest BCUT2D eigenvalue weighted by atomic mass is 10.2. The molecule has 1 aliphatic rings. The Bertz CT molecular complexity index is 223. The topological polar surface area (TPSA) is 32.3 Å². The minimum atomic E-state index is 0.143. The predicted octanol–water partition coefficient (Wildman–Crippen LogP) is 1.73. The van der Waals surface area contributed by atoms with Crippen molar-refractivity contribution in [1.29, 1.82) is 0 Å². The molecule has 0 unspecified atom stereocenters. The summed E-state index contributed by atoms with van der Waals surface area (Å²) in [5, 5.41) is 3.52. The van der Waals surface area contributed by atoms with E-state index in [4.69, 9.17) is 0 Å². The molecule has 0 spiro atoms. The highest BCUT2D eigenvalue weighted by Crippen LogP contribution is 2.32. The van der Waals surface area contributed by atoms with Crippen molar-refractivity contribution in [2.75, 3.05) is 26.4 Å². The van der Waals surface area contributed by atoms with E-state index in [2.05, 4.69) is 35.9 Å². The van der Waals surface area contributed by atoms with Gasteiger partial charge in [0.2, 0.25) is 5.91 Å². The van der Waals surface area contributed by atoms with Gasteiger partial charge in [-0.2, -0.15) is 11.8 Å². The Kier molecular flexibility index (Phi) is 6.21. The van der Waals surface area contributed by atoms with Gasteiger partial charge in [-0.3, -0.25) is 4.79 Å². The Labute approximate surface area is 103 Å². The average Bonchev–Trinajstić information content (AvgIpc) is 2.74. The molecule has 1 fully saturated rings. The number of carbonyl (C=O) groups excluding carboxylic acids is 1. The highest BCUT2D eigenvalue weighted by atomic mass is 32.2. The first kappa shape index (κ1) is 13.8. The highest BCUT2D eigenvalue weighted by Gasteiger charge is 2.27. The first-order valence-electron chi connectivity index (χ1n) is 6.19. The molecule has 0 saturated heterocycles. The molecule has 0 aliphatic heterocycles. The summed E-state index contributed by atoms with van der Waals surface area (Å²) >= 11 is 2.08. The van der Waals surface area contributed by atoms with Crippen molar-refractivity contribution in [2.45, 2.75) is 43.9 Å². The summed E-state index contributed by atoms with van der Waals surface area (Å²) in [6, 6.07) is 0.689. The molecule has 1 aliphatic carbocycles. The second-order valence-electron chi connectivity index (χ2n) is 4.45. The molecule has 0 heterocycles. The quantitative estimate of drug-likeness (QED) is 0.772. The molecule has 0 aromatic carbocycles. The third kappa shape index (κ3) is 4.34. The molecule has 1 N–H and O–H groups in total. The normalized spacial score (nSPS) is 25.0. The van der Waals surface area contributed by atoms with Crippen molar-refractivity contribution in [3.63, 3.8) is 0 Å². The Morgan fingerprint density at radius 3 is 2.88 bits per heavy atom. The lowest BCUT2D eigenvalue weighted by molar-refractivity contribution is -0.120. The van der Waals surface area contributed by atoms with Crippen LogP contribution in [0.5, 0.6) is 0 Å². The number of hydrogen-bond donors (Lipinski definition) is 1. The maximum Gasteiger partial charge on any atom is 0.221 e. The fourth-order valence-electron chi connectivity index (χ4n) is 2.29. The molecule has 4 heteroatoms. The molecular weight excluding hydrogens is 220 g/mol. The highest BCUT2D eigenvalue weighted by molar-refractivity contribution is 7.99. The van der Waals surface area contributed by atoms with Crippen LogP contribution in [0.4, 0.5) is 0 Å². The zero-order valence-corrected chi connectivity index (χ0v) is 11.5. The molecule has 1 amide bonds. The zero-order chi connectivity index (χ0) is 12.0. The smallest absolute Gasteiger partial charge is 0.221 e. The lowest BCUT2D eigenvalue weighted by Crippen LogP contribution is -2.33. The maximum atomic E-state index is 11.2. The summed E-state index contributed by atoms with van der Waals surface area (Å²) < 4.78 is 0. The van der Waals surface area contributed by atoms with E-state index in [1.807, 2.05) is 0 Å². The van der Waals surface area contributed by atoms with Gasteiger partial charge in [-0.05, 0) is 32.1 Å². The van der Waals surface area contributed by atoms with Gasteiger partial charge in [0, 0.05) is 31.3 Å². The minimum Gasteiger partial charge on any atom is -0.359 e. The molecule has 1 rings (SSSR count). The van der Waals surface area contributed by atoms with Gasteiger partial charge < -0.3 is 10.2 Å². The first-order chi connectivity index (χ1) is 7.67. The number of thioether (sulfide) groups is 1. The standard InChI is InChI=1S/C12H24N2OS/c1-4-16-11-6-5-10(9-11)14(3)8-7-12(15)13-2/h10-11H,4-9H2,1-3H3,(H,13,15)/t10-,11+/m1/s1. The predicted molar refractivity (Wildman–Crippen MR) is 70.9 cm³/mol.